The van der Waals surface area contributed by atoms with Gasteiger partial charge >= 0.3 is 5.97 Å². The summed E-state index contributed by atoms with van der Waals surface area (Å²) in [6.45, 7) is 5.16. The first-order chi connectivity index (χ1) is 15.8. The highest BCUT2D eigenvalue weighted by Gasteiger charge is 2.02. The van der Waals surface area contributed by atoms with E-state index in [4.69, 9.17) is 4.74 Å². The van der Waals surface area contributed by atoms with Crippen LogP contribution in [0, 0.1) is 0 Å². The Balaban J connectivity index is 3.18. The number of rotatable bonds is 26. The van der Waals surface area contributed by atoms with Crippen LogP contribution in [0.2, 0.25) is 0 Å². The summed E-state index contributed by atoms with van der Waals surface area (Å²) in [4.78, 5) is 11.8. The molecule has 0 aliphatic heterocycles. The van der Waals surface area contributed by atoms with Crippen LogP contribution in [0.1, 0.15) is 168 Å². The van der Waals surface area contributed by atoms with Gasteiger partial charge in [-0.3, -0.25) is 4.79 Å². The lowest BCUT2D eigenvalue weighted by Crippen LogP contribution is -2.05. The molecule has 0 spiro atoms. The van der Waals surface area contributed by atoms with Crippen LogP contribution in [0.4, 0.5) is 0 Å². The maximum absolute atomic E-state index is 11.8. The molecule has 0 aromatic carbocycles. The predicted octanol–water partition coefficient (Wildman–Crippen LogP) is 10.5. The summed E-state index contributed by atoms with van der Waals surface area (Å²) in [5.74, 6) is 0.0145. The van der Waals surface area contributed by atoms with Gasteiger partial charge in [-0.25, -0.2) is 0 Å². The summed E-state index contributed by atoms with van der Waals surface area (Å²) in [6.07, 6.45) is 35.3. The van der Waals surface area contributed by atoms with E-state index in [0.717, 1.165) is 12.8 Å². The Morgan fingerprint density at radius 1 is 0.500 bits per heavy atom. The number of ether oxygens (including phenoxy) is 1. The van der Waals surface area contributed by atoms with E-state index in [1.54, 1.807) is 0 Å². The van der Waals surface area contributed by atoms with Crippen LogP contribution in [0.5, 0.6) is 0 Å². The molecule has 0 aliphatic rings. The van der Waals surface area contributed by atoms with Gasteiger partial charge in [0.1, 0.15) is 0 Å². The van der Waals surface area contributed by atoms with Crippen LogP contribution in [0.25, 0.3) is 0 Å². The molecule has 2 heteroatoms. The number of carbonyl (C=O) groups is 1. The quantitative estimate of drug-likeness (QED) is 0.0744. The smallest absolute Gasteiger partial charge is 0.305 e. The Labute approximate surface area is 202 Å². The molecule has 0 fully saturated rings. The van der Waals surface area contributed by atoms with Crippen molar-refractivity contribution in [3.05, 3.63) is 12.2 Å². The number of allylic oxidation sites excluding steroid dienone is 2. The molecular weight excluding hydrogens is 392 g/mol. The van der Waals surface area contributed by atoms with Gasteiger partial charge < -0.3 is 4.74 Å². The van der Waals surface area contributed by atoms with Gasteiger partial charge in [0.25, 0.3) is 0 Å². The zero-order valence-electron chi connectivity index (χ0n) is 22.1. The topological polar surface area (TPSA) is 26.3 Å². The fourth-order valence-electron chi connectivity index (χ4n) is 4.19. The van der Waals surface area contributed by atoms with E-state index in [-0.39, 0.29) is 5.97 Å². The number of hydrogen-bond donors (Lipinski definition) is 0. The highest BCUT2D eigenvalue weighted by molar-refractivity contribution is 5.69. The minimum atomic E-state index is 0.0145. The number of hydrogen-bond acceptors (Lipinski definition) is 2. The third kappa shape index (κ3) is 27.2. The third-order valence-electron chi connectivity index (χ3n) is 6.40. The first-order valence-electron chi connectivity index (χ1n) is 14.6. The average Bonchev–Trinajstić information content (AvgIpc) is 2.80. The minimum Gasteiger partial charge on any atom is -0.466 e. The van der Waals surface area contributed by atoms with Gasteiger partial charge in [0.05, 0.1) is 6.61 Å². The van der Waals surface area contributed by atoms with Gasteiger partial charge in [0, 0.05) is 6.42 Å². The second-order valence-corrected chi connectivity index (χ2v) is 9.74. The Bertz CT molecular complexity index is 388. The van der Waals surface area contributed by atoms with Crippen molar-refractivity contribution in [2.24, 2.45) is 0 Å². The fourth-order valence-corrected chi connectivity index (χ4v) is 4.19. The Morgan fingerprint density at radius 2 is 0.875 bits per heavy atom. The monoisotopic (exact) mass is 450 g/mol. The minimum absolute atomic E-state index is 0.0145. The zero-order chi connectivity index (χ0) is 23.4. The molecular formula is C30H58O2. The lowest BCUT2D eigenvalue weighted by Gasteiger charge is -2.05. The summed E-state index contributed by atoms with van der Waals surface area (Å²) in [6, 6.07) is 0. The molecule has 0 N–H and O–H groups in total. The van der Waals surface area contributed by atoms with Gasteiger partial charge in [-0.05, 0) is 38.5 Å². The molecule has 0 saturated heterocycles. The van der Waals surface area contributed by atoms with Crippen molar-refractivity contribution in [2.75, 3.05) is 6.61 Å². The number of unbranched alkanes of at least 4 members (excludes halogenated alkanes) is 20. The van der Waals surface area contributed by atoms with Crippen LogP contribution < -0.4 is 0 Å². The summed E-state index contributed by atoms with van der Waals surface area (Å²) in [5, 5.41) is 0. The van der Waals surface area contributed by atoms with Crippen LogP contribution in [-0.4, -0.2) is 12.6 Å². The Kier molecular flexibility index (Phi) is 27.5. The van der Waals surface area contributed by atoms with Crippen molar-refractivity contribution >= 4 is 5.97 Å². The standard InChI is InChI=1S/C30H58O2/c1-3-5-7-9-11-13-14-15-16-17-18-19-21-23-25-27-29-32-30(31)28-26-24-22-20-12-10-8-6-4-2/h15-16H,3-14,17-29H2,1-2H3/b16-15-. The lowest BCUT2D eigenvalue weighted by molar-refractivity contribution is -0.143. The fraction of sp³-hybridized carbons (Fsp3) is 0.900. The van der Waals surface area contributed by atoms with Crippen LogP contribution in [0.15, 0.2) is 12.2 Å². The summed E-state index contributed by atoms with van der Waals surface area (Å²) < 4.78 is 5.39. The summed E-state index contributed by atoms with van der Waals surface area (Å²) >= 11 is 0. The molecule has 0 bridgehead atoms. The van der Waals surface area contributed by atoms with Gasteiger partial charge in [0.2, 0.25) is 0 Å². The molecule has 0 aromatic rings. The van der Waals surface area contributed by atoms with E-state index >= 15 is 0 Å². The first-order valence-corrected chi connectivity index (χ1v) is 14.6. The Morgan fingerprint density at radius 3 is 1.34 bits per heavy atom. The molecule has 0 heterocycles. The van der Waals surface area contributed by atoms with Crippen molar-refractivity contribution in [3.63, 3.8) is 0 Å². The van der Waals surface area contributed by atoms with Gasteiger partial charge in [-0.15, -0.1) is 0 Å². The van der Waals surface area contributed by atoms with E-state index in [0.29, 0.717) is 13.0 Å². The van der Waals surface area contributed by atoms with Crippen molar-refractivity contribution in [1.82, 2.24) is 0 Å². The van der Waals surface area contributed by atoms with E-state index in [1.807, 2.05) is 0 Å². The largest absolute Gasteiger partial charge is 0.466 e. The second-order valence-electron chi connectivity index (χ2n) is 9.74. The lowest BCUT2D eigenvalue weighted by atomic mass is 10.1. The van der Waals surface area contributed by atoms with Gasteiger partial charge in [-0.1, -0.05) is 135 Å². The number of esters is 1. The highest BCUT2D eigenvalue weighted by Crippen LogP contribution is 2.12. The molecule has 2 nitrogen and oxygen atoms in total. The zero-order valence-corrected chi connectivity index (χ0v) is 22.1. The molecule has 0 unspecified atom stereocenters. The number of carbonyl (C=O) groups excluding carboxylic acids is 1. The van der Waals surface area contributed by atoms with E-state index in [9.17, 15) is 4.79 Å². The highest BCUT2D eigenvalue weighted by atomic mass is 16.5. The first kappa shape index (κ1) is 31.2. The van der Waals surface area contributed by atoms with Crippen LogP contribution >= 0.6 is 0 Å². The Hall–Kier alpha value is -0.790. The normalized spacial score (nSPS) is 11.4. The van der Waals surface area contributed by atoms with E-state index < -0.39 is 0 Å². The SMILES string of the molecule is CCCCCCCC/C=C\CCCCCCCCOC(=O)CCCCCCCCCCC. The van der Waals surface area contributed by atoms with Crippen molar-refractivity contribution in [2.45, 2.75) is 168 Å². The maximum atomic E-state index is 11.8. The molecule has 0 aliphatic carbocycles. The van der Waals surface area contributed by atoms with Crippen molar-refractivity contribution in [3.8, 4) is 0 Å². The average molecular weight is 451 g/mol. The van der Waals surface area contributed by atoms with Crippen molar-refractivity contribution < 1.29 is 9.53 Å². The van der Waals surface area contributed by atoms with Crippen LogP contribution in [-0.2, 0) is 9.53 Å². The molecule has 0 aromatic heterocycles. The van der Waals surface area contributed by atoms with Crippen molar-refractivity contribution in [1.29, 1.82) is 0 Å². The molecule has 0 atom stereocenters. The van der Waals surface area contributed by atoms with E-state index in [2.05, 4.69) is 26.0 Å². The molecule has 32 heavy (non-hydrogen) atoms. The molecule has 0 radical (unpaired) electrons. The predicted molar refractivity (Wildman–Crippen MR) is 142 cm³/mol. The second kappa shape index (κ2) is 28.2. The van der Waals surface area contributed by atoms with Gasteiger partial charge in [0.15, 0.2) is 0 Å². The van der Waals surface area contributed by atoms with Crippen LogP contribution in [0.3, 0.4) is 0 Å². The molecule has 0 amide bonds. The van der Waals surface area contributed by atoms with E-state index in [1.165, 1.54) is 135 Å². The third-order valence-corrected chi connectivity index (χ3v) is 6.40. The van der Waals surface area contributed by atoms with Gasteiger partial charge in [-0.2, -0.15) is 0 Å². The summed E-state index contributed by atoms with van der Waals surface area (Å²) in [5.41, 5.74) is 0. The summed E-state index contributed by atoms with van der Waals surface area (Å²) in [7, 11) is 0. The molecule has 190 valence electrons. The molecule has 0 rings (SSSR count). The molecule has 0 saturated carbocycles. The maximum Gasteiger partial charge on any atom is 0.305 e.